The zero-order chi connectivity index (χ0) is 24.6. The van der Waals surface area contributed by atoms with Crippen LogP contribution in [0.3, 0.4) is 0 Å². The summed E-state index contributed by atoms with van der Waals surface area (Å²) in [6, 6.07) is 31.2. The second-order valence-electron chi connectivity index (χ2n) is 7.76. The fourth-order valence-corrected chi connectivity index (χ4v) is 4.55. The van der Waals surface area contributed by atoms with E-state index in [1.54, 1.807) is 0 Å². The molecule has 3 aromatic carbocycles. The van der Waals surface area contributed by atoms with Gasteiger partial charge < -0.3 is 10.1 Å². The molecule has 0 bridgehead atoms. The molecule has 4 aromatic rings. The van der Waals surface area contributed by atoms with Crippen LogP contribution in [-0.4, -0.2) is 22.7 Å². The van der Waals surface area contributed by atoms with E-state index in [9.17, 15) is 10.1 Å². The molecule has 0 aliphatic rings. The number of anilines is 1. The number of hydrogen-bond donors (Lipinski definition) is 1. The molecule has 0 spiro atoms. The van der Waals surface area contributed by atoms with Crippen molar-refractivity contribution in [1.82, 2.24) is 4.98 Å². The number of hydrogen-bond acceptors (Lipinski definition) is 5. The van der Waals surface area contributed by atoms with E-state index in [1.807, 2.05) is 105 Å². The fraction of sp³-hybridized carbons (Fsp3) is 0.138. The van der Waals surface area contributed by atoms with Crippen LogP contribution < -0.4 is 10.1 Å². The number of amides is 1. The molecule has 0 fully saturated rings. The molecule has 1 amide bonds. The predicted molar refractivity (Wildman–Crippen MR) is 141 cm³/mol. The number of carbonyl (C=O) groups excluding carboxylic acids is 1. The van der Waals surface area contributed by atoms with E-state index < -0.39 is 5.25 Å². The Labute approximate surface area is 209 Å². The number of benzene rings is 3. The van der Waals surface area contributed by atoms with Crippen LogP contribution in [0.5, 0.6) is 5.75 Å². The van der Waals surface area contributed by atoms with E-state index in [0.29, 0.717) is 28.6 Å². The van der Waals surface area contributed by atoms with Crippen molar-refractivity contribution in [2.75, 3.05) is 11.9 Å². The van der Waals surface area contributed by atoms with E-state index in [2.05, 4.69) is 11.4 Å². The smallest absolute Gasteiger partial charge is 0.237 e. The van der Waals surface area contributed by atoms with Gasteiger partial charge in [0.15, 0.2) is 0 Å². The second kappa shape index (κ2) is 11.4. The molecule has 1 unspecified atom stereocenters. The molecule has 1 aromatic heterocycles. The first-order valence-electron chi connectivity index (χ1n) is 11.4. The van der Waals surface area contributed by atoms with Gasteiger partial charge in [-0.05, 0) is 37.6 Å². The van der Waals surface area contributed by atoms with Gasteiger partial charge >= 0.3 is 0 Å². The van der Waals surface area contributed by atoms with Crippen molar-refractivity contribution in [2.24, 2.45) is 0 Å². The van der Waals surface area contributed by atoms with E-state index in [1.165, 1.54) is 11.8 Å². The quantitative estimate of drug-likeness (QED) is 0.281. The van der Waals surface area contributed by atoms with Gasteiger partial charge in [0, 0.05) is 11.1 Å². The monoisotopic (exact) mass is 479 g/mol. The Morgan fingerprint density at radius 1 is 1.00 bits per heavy atom. The highest BCUT2D eigenvalue weighted by Crippen LogP contribution is 2.36. The molecule has 1 heterocycles. The minimum Gasteiger partial charge on any atom is -0.492 e. The van der Waals surface area contributed by atoms with E-state index in [4.69, 9.17) is 9.72 Å². The predicted octanol–water partition coefficient (Wildman–Crippen LogP) is 6.81. The molecule has 0 saturated heterocycles. The third-order valence-electron chi connectivity index (χ3n) is 5.35. The number of aromatic nitrogens is 1. The Kier molecular flexibility index (Phi) is 7.81. The van der Waals surface area contributed by atoms with E-state index >= 15 is 0 Å². The second-order valence-corrected chi connectivity index (χ2v) is 9.09. The van der Waals surface area contributed by atoms with Crippen molar-refractivity contribution in [2.45, 2.75) is 24.1 Å². The van der Waals surface area contributed by atoms with Crippen molar-refractivity contribution < 1.29 is 9.53 Å². The average Bonchev–Trinajstić information content (AvgIpc) is 2.90. The summed E-state index contributed by atoms with van der Waals surface area (Å²) in [4.78, 5) is 17.9. The molecule has 0 aliphatic heterocycles. The summed E-state index contributed by atoms with van der Waals surface area (Å²) < 4.78 is 5.62. The van der Waals surface area contributed by atoms with Crippen LogP contribution >= 0.6 is 11.8 Å². The molecule has 4 rings (SSSR count). The molecule has 0 radical (unpaired) electrons. The maximum atomic E-state index is 13.1. The lowest BCUT2D eigenvalue weighted by Gasteiger charge is -2.17. The molecule has 0 saturated carbocycles. The number of ether oxygens (including phenoxy) is 1. The zero-order valence-corrected chi connectivity index (χ0v) is 20.4. The Bertz CT molecular complexity index is 1350. The molecule has 0 aliphatic carbocycles. The Morgan fingerprint density at radius 2 is 1.63 bits per heavy atom. The molecule has 1 N–H and O–H groups in total. The van der Waals surface area contributed by atoms with Gasteiger partial charge in [0.25, 0.3) is 0 Å². The number of thioether (sulfide) groups is 1. The van der Waals surface area contributed by atoms with Crippen molar-refractivity contribution in [3.05, 3.63) is 96.6 Å². The highest BCUT2D eigenvalue weighted by molar-refractivity contribution is 8.00. The summed E-state index contributed by atoms with van der Waals surface area (Å²) in [6.07, 6.45) is 0. The van der Waals surface area contributed by atoms with E-state index in [-0.39, 0.29) is 5.91 Å². The number of carbonyl (C=O) groups is 1. The summed E-state index contributed by atoms with van der Waals surface area (Å²) in [7, 11) is 0. The lowest BCUT2D eigenvalue weighted by atomic mass is 9.99. The number of pyridine rings is 1. The first-order chi connectivity index (χ1) is 17.1. The van der Waals surface area contributed by atoms with Gasteiger partial charge in [0.1, 0.15) is 16.8 Å². The van der Waals surface area contributed by atoms with Crippen LogP contribution in [0.1, 0.15) is 19.4 Å². The first kappa shape index (κ1) is 24.1. The molecule has 5 nitrogen and oxygen atoms in total. The van der Waals surface area contributed by atoms with Gasteiger partial charge in [-0.15, -0.1) is 0 Å². The largest absolute Gasteiger partial charge is 0.492 e. The molecule has 1 atom stereocenters. The van der Waals surface area contributed by atoms with Crippen LogP contribution in [-0.2, 0) is 4.79 Å². The van der Waals surface area contributed by atoms with Crippen molar-refractivity contribution in [3.8, 4) is 34.2 Å². The Balaban J connectivity index is 1.69. The maximum absolute atomic E-state index is 13.1. The number of nitriles is 1. The number of para-hydroxylation sites is 2. The van der Waals surface area contributed by atoms with E-state index in [0.717, 1.165) is 22.4 Å². The first-order valence-corrected chi connectivity index (χ1v) is 12.2. The van der Waals surface area contributed by atoms with Gasteiger partial charge in [-0.3, -0.25) is 4.79 Å². The SMILES string of the molecule is CCOc1ccccc1NC(=O)C(C)Sc1nc(-c2ccccc2)cc(-c2ccccc2)c1C#N. The highest BCUT2D eigenvalue weighted by atomic mass is 32.2. The van der Waals surface area contributed by atoms with Crippen molar-refractivity contribution in [1.29, 1.82) is 5.26 Å². The molecular formula is C29H25N3O2S. The van der Waals surface area contributed by atoms with Crippen LogP contribution in [0.2, 0.25) is 0 Å². The third kappa shape index (κ3) is 5.71. The normalized spacial score (nSPS) is 11.3. The summed E-state index contributed by atoms with van der Waals surface area (Å²) in [5.41, 5.74) is 4.48. The van der Waals surface area contributed by atoms with Crippen molar-refractivity contribution in [3.63, 3.8) is 0 Å². The number of nitrogens with one attached hydrogen (secondary N) is 1. The third-order valence-corrected chi connectivity index (χ3v) is 6.44. The standard InChI is InChI=1S/C29H25N3O2S/c1-3-34-27-17-11-10-16-25(27)31-28(33)20(2)35-29-24(19-30)23(21-12-6-4-7-13-21)18-26(32-29)22-14-8-5-9-15-22/h4-18,20H,3H2,1-2H3,(H,31,33). The lowest BCUT2D eigenvalue weighted by molar-refractivity contribution is -0.115. The highest BCUT2D eigenvalue weighted by Gasteiger charge is 2.22. The summed E-state index contributed by atoms with van der Waals surface area (Å²) in [6.45, 7) is 4.21. The van der Waals surface area contributed by atoms with Gasteiger partial charge in [-0.25, -0.2) is 4.98 Å². The van der Waals surface area contributed by atoms with Crippen molar-refractivity contribution >= 4 is 23.4 Å². The summed E-state index contributed by atoms with van der Waals surface area (Å²) >= 11 is 1.27. The maximum Gasteiger partial charge on any atom is 0.237 e. The molecule has 6 heteroatoms. The van der Waals surface area contributed by atoms with Gasteiger partial charge in [-0.2, -0.15) is 5.26 Å². The van der Waals surface area contributed by atoms with Gasteiger partial charge in [0.2, 0.25) is 5.91 Å². The average molecular weight is 480 g/mol. The van der Waals surface area contributed by atoms with Crippen LogP contribution in [0.15, 0.2) is 96.0 Å². The minimum absolute atomic E-state index is 0.195. The summed E-state index contributed by atoms with van der Waals surface area (Å²) in [5.74, 6) is 0.424. The summed E-state index contributed by atoms with van der Waals surface area (Å²) in [5, 5.41) is 13.1. The topological polar surface area (TPSA) is 75.0 Å². The van der Waals surface area contributed by atoms with Gasteiger partial charge in [0.05, 0.1) is 28.8 Å². The van der Waals surface area contributed by atoms with Crippen LogP contribution in [0.25, 0.3) is 22.4 Å². The Morgan fingerprint density at radius 3 is 2.29 bits per heavy atom. The van der Waals surface area contributed by atoms with Gasteiger partial charge in [-0.1, -0.05) is 84.6 Å². The van der Waals surface area contributed by atoms with Crippen LogP contribution in [0, 0.1) is 11.3 Å². The lowest BCUT2D eigenvalue weighted by Crippen LogP contribution is -2.23. The molecular weight excluding hydrogens is 454 g/mol. The Hall–Kier alpha value is -4.08. The molecule has 174 valence electrons. The minimum atomic E-state index is -0.501. The zero-order valence-electron chi connectivity index (χ0n) is 19.6. The fourth-order valence-electron chi connectivity index (χ4n) is 3.62. The van der Waals surface area contributed by atoms with Crippen LogP contribution in [0.4, 0.5) is 5.69 Å². The number of nitrogens with zero attached hydrogens (tertiary/aromatic N) is 2. The number of rotatable bonds is 8. The molecule has 35 heavy (non-hydrogen) atoms.